The molecule has 1 saturated heterocycles. The van der Waals surface area contributed by atoms with E-state index in [0.29, 0.717) is 37.7 Å². The molecule has 0 amide bonds. The summed E-state index contributed by atoms with van der Waals surface area (Å²) in [4.78, 5) is 16.3. The highest BCUT2D eigenvalue weighted by atomic mass is 31.2. The zero-order valence-corrected chi connectivity index (χ0v) is 23.2. The van der Waals surface area contributed by atoms with E-state index in [1.807, 2.05) is 0 Å². The minimum absolute atomic E-state index is 0.0131. The maximum atomic E-state index is 12.2. The number of hydrogen-bond donors (Lipinski definition) is 2. The molecule has 2 aromatic carbocycles. The van der Waals surface area contributed by atoms with Crippen LogP contribution in [-0.4, -0.2) is 65.1 Å². The van der Waals surface area contributed by atoms with Gasteiger partial charge in [0.15, 0.2) is 0 Å². The van der Waals surface area contributed by atoms with Crippen LogP contribution in [0.5, 0.6) is 0 Å². The van der Waals surface area contributed by atoms with E-state index in [0.717, 1.165) is 17.5 Å². The van der Waals surface area contributed by atoms with Crippen molar-refractivity contribution >= 4 is 7.75 Å². The monoisotopic (exact) mass is 632 g/mol. The number of aliphatic hydroxyl groups excluding tert-OH is 1. The second kappa shape index (κ2) is 15.4. The lowest BCUT2D eigenvalue weighted by molar-refractivity contribution is -0.143. The standard InChI is InChI=1S/C9H6F6O.C9H17N4O5P.C6H5F/c10-8(11,12)6-1-5(4-16)2-7(3-6)9(13,14)15;1-16-19(15,17-2)13-9(14)10-8(11-13)7-12-3-5-18-6-4-12;7-6-4-2-1-3-5-6/h1-3,16H,4H2;3-7H2,1-2H3,(H,10,11,14);1-5H. The number of nitrogens with one attached hydrogen (secondary N) is 1. The van der Waals surface area contributed by atoms with Crippen molar-refractivity contribution in [1.29, 1.82) is 0 Å². The van der Waals surface area contributed by atoms with Gasteiger partial charge < -0.3 is 9.84 Å². The van der Waals surface area contributed by atoms with Gasteiger partial charge >= 0.3 is 25.8 Å². The van der Waals surface area contributed by atoms with E-state index in [2.05, 4.69) is 15.0 Å². The number of aromatic nitrogens is 3. The SMILES string of the molecule is COP(=O)(OC)n1nc(CN2CCOCC2)[nH]c1=O.Fc1ccccc1.OCc1cc(C(F)(F)F)cc(C(F)(F)F)c1. The van der Waals surface area contributed by atoms with Gasteiger partial charge in [-0.3, -0.25) is 18.9 Å². The number of aromatic amines is 1. The first-order valence-electron chi connectivity index (χ1n) is 11.9. The largest absolute Gasteiger partial charge is 0.459 e. The van der Waals surface area contributed by atoms with Crippen LogP contribution in [0, 0.1) is 5.82 Å². The number of ether oxygens (including phenoxy) is 1. The van der Waals surface area contributed by atoms with Crippen molar-refractivity contribution in [2.45, 2.75) is 25.5 Å². The van der Waals surface area contributed by atoms with E-state index in [9.17, 15) is 40.1 Å². The summed E-state index contributed by atoms with van der Waals surface area (Å²) in [7, 11) is -1.28. The molecule has 2 N–H and O–H groups in total. The number of morpholine rings is 1. The molecule has 1 aliphatic heterocycles. The highest BCUT2D eigenvalue weighted by Gasteiger charge is 2.36. The summed E-state index contributed by atoms with van der Waals surface area (Å²) in [5.41, 5.74) is -3.89. The fourth-order valence-corrected chi connectivity index (χ4v) is 4.27. The maximum absolute atomic E-state index is 12.2. The van der Waals surface area contributed by atoms with Crippen LogP contribution in [0.15, 0.2) is 53.3 Å². The minimum Gasteiger partial charge on any atom is -0.392 e. The number of H-pyrrole nitrogens is 1. The highest BCUT2D eigenvalue weighted by Crippen LogP contribution is 2.45. The summed E-state index contributed by atoms with van der Waals surface area (Å²) >= 11 is 0. The average molecular weight is 632 g/mol. The molecule has 18 heteroatoms. The molecule has 0 saturated carbocycles. The lowest BCUT2D eigenvalue weighted by Gasteiger charge is -2.25. The zero-order chi connectivity index (χ0) is 31.6. The van der Waals surface area contributed by atoms with Crippen LogP contribution in [0.4, 0.5) is 30.7 Å². The van der Waals surface area contributed by atoms with Gasteiger partial charge in [-0.05, 0) is 35.9 Å². The minimum atomic E-state index is -4.87. The van der Waals surface area contributed by atoms with E-state index in [1.165, 1.54) is 26.4 Å². The molecule has 0 aliphatic carbocycles. The van der Waals surface area contributed by atoms with Gasteiger partial charge in [-0.25, -0.2) is 13.8 Å². The molecular weight excluding hydrogens is 604 g/mol. The predicted molar refractivity (Wildman–Crippen MR) is 135 cm³/mol. The van der Waals surface area contributed by atoms with Crippen molar-refractivity contribution in [2.75, 3.05) is 40.5 Å². The van der Waals surface area contributed by atoms with Crippen LogP contribution in [0.25, 0.3) is 0 Å². The third kappa shape index (κ3) is 10.6. The smallest absolute Gasteiger partial charge is 0.392 e. The Labute approximate surface area is 235 Å². The molecule has 10 nitrogen and oxygen atoms in total. The normalized spacial score (nSPS) is 14.4. The molecule has 1 aliphatic rings. The van der Waals surface area contributed by atoms with Gasteiger partial charge in [-0.1, -0.05) is 18.2 Å². The van der Waals surface area contributed by atoms with Crippen LogP contribution in [0.2, 0.25) is 0 Å². The van der Waals surface area contributed by atoms with Crippen molar-refractivity contribution in [2.24, 2.45) is 0 Å². The van der Waals surface area contributed by atoms with Crippen molar-refractivity contribution in [3.63, 3.8) is 0 Å². The molecule has 3 aromatic rings. The zero-order valence-electron chi connectivity index (χ0n) is 22.3. The lowest BCUT2D eigenvalue weighted by Crippen LogP contribution is -2.36. The number of benzene rings is 2. The molecule has 234 valence electrons. The first kappa shape index (κ1) is 35.1. The highest BCUT2D eigenvalue weighted by molar-refractivity contribution is 7.51. The van der Waals surface area contributed by atoms with Crippen molar-refractivity contribution in [1.82, 2.24) is 19.4 Å². The molecule has 0 radical (unpaired) electrons. The average Bonchev–Trinajstić information content (AvgIpc) is 3.33. The summed E-state index contributed by atoms with van der Waals surface area (Å²) in [5, 5.41) is 12.6. The summed E-state index contributed by atoms with van der Waals surface area (Å²) < 4.78 is 113. The van der Waals surface area contributed by atoms with Crippen LogP contribution in [-0.2, 0) is 43.9 Å². The summed E-state index contributed by atoms with van der Waals surface area (Å²) in [6.45, 7) is 2.41. The number of aliphatic hydroxyl groups is 1. The second-order valence-corrected chi connectivity index (χ2v) is 10.4. The van der Waals surface area contributed by atoms with Gasteiger partial charge in [0.05, 0.1) is 37.5 Å². The van der Waals surface area contributed by atoms with Crippen LogP contribution < -0.4 is 5.69 Å². The first-order valence-corrected chi connectivity index (χ1v) is 13.4. The van der Waals surface area contributed by atoms with E-state index in [4.69, 9.17) is 18.9 Å². The molecule has 0 spiro atoms. The van der Waals surface area contributed by atoms with Gasteiger partial charge in [0.25, 0.3) is 0 Å². The Morgan fingerprint density at radius 2 is 1.50 bits per heavy atom. The van der Waals surface area contributed by atoms with E-state index in [1.54, 1.807) is 18.2 Å². The van der Waals surface area contributed by atoms with Gasteiger partial charge in [-0.2, -0.15) is 26.3 Å². The second-order valence-electron chi connectivity index (χ2n) is 8.36. The number of alkyl halides is 6. The molecule has 1 fully saturated rings. The Bertz CT molecular complexity index is 1320. The Morgan fingerprint density at radius 1 is 0.976 bits per heavy atom. The van der Waals surface area contributed by atoms with E-state index >= 15 is 0 Å². The number of rotatable bonds is 6. The van der Waals surface area contributed by atoms with Crippen molar-refractivity contribution in [3.05, 3.63) is 87.3 Å². The number of hydrogen-bond acceptors (Lipinski definition) is 8. The van der Waals surface area contributed by atoms with E-state index in [-0.39, 0.29) is 11.9 Å². The summed E-state index contributed by atoms with van der Waals surface area (Å²) in [6, 6.07) is 8.91. The summed E-state index contributed by atoms with van der Waals surface area (Å²) in [5.74, 6) is 0.240. The van der Waals surface area contributed by atoms with Gasteiger partial charge in [-0.15, -0.1) is 9.55 Å². The predicted octanol–water partition coefficient (Wildman–Crippen LogP) is 4.69. The molecule has 42 heavy (non-hydrogen) atoms. The Kier molecular flexibility index (Phi) is 12.9. The van der Waals surface area contributed by atoms with Crippen LogP contribution in [0.3, 0.4) is 0 Å². The third-order valence-corrected chi connectivity index (χ3v) is 7.04. The number of nitrogens with zero attached hydrogens (tertiary/aromatic N) is 3. The van der Waals surface area contributed by atoms with Crippen LogP contribution in [0.1, 0.15) is 22.5 Å². The molecule has 0 atom stereocenters. The summed E-state index contributed by atoms with van der Waals surface area (Å²) in [6.07, 6.45) is -9.74. The first-order chi connectivity index (χ1) is 19.6. The van der Waals surface area contributed by atoms with Gasteiger partial charge in [0.1, 0.15) is 11.6 Å². The molecule has 0 bridgehead atoms. The molecule has 0 unspecified atom stereocenters. The quantitative estimate of drug-likeness (QED) is 0.297. The molecule has 4 rings (SSSR count). The van der Waals surface area contributed by atoms with Gasteiger partial charge in [0.2, 0.25) is 0 Å². The molecule has 2 heterocycles. The number of halogens is 7. The fourth-order valence-electron chi connectivity index (χ4n) is 3.32. The van der Waals surface area contributed by atoms with Crippen molar-refractivity contribution in [3.8, 4) is 0 Å². The third-order valence-electron chi connectivity index (χ3n) is 5.38. The Morgan fingerprint density at radius 3 is 1.90 bits per heavy atom. The Hall–Kier alpha value is -3.08. The fraction of sp³-hybridized carbons (Fsp3) is 0.417. The Balaban J connectivity index is 0.000000242. The van der Waals surface area contributed by atoms with Crippen LogP contribution >= 0.6 is 7.75 Å². The lowest BCUT2D eigenvalue weighted by atomic mass is 10.1. The van der Waals surface area contributed by atoms with Crippen molar-refractivity contribution < 1.29 is 54.2 Å². The molecule has 1 aromatic heterocycles. The van der Waals surface area contributed by atoms with Gasteiger partial charge in [0, 0.05) is 27.3 Å². The molecular formula is C24H28F7N4O6P. The topological polar surface area (TPSA) is 119 Å². The maximum Gasteiger partial charge on any atom is 0.459 e. The van der Waals surface area contributed by atoms with E-state index < -0.39 is 49.1 Å².